The van der Waals surface area contributed by atoms with Gasteiger partial charge in [0.05, 0.1) is 11.4 Å². The first kappa shape index (κ1) is 11.9. The summed E-state index contributed by atoms with van der Waals surface area (Å²) >= 11 is 1.49. The summed E-state index contributed by atoms with van der Waals surface area (Å²) in [6.45, 7) is 1.82. The van der Waals surface area contributed by atoms with E-state index in [1.54, 1.807) is 11.4 Å². The lowest BCUT2D eigenvalue weighted by Crippen LogP contribution is -2.35. The van der Waals surface area contributed by atoms with Gasteiger partial charge in [0.2, 0.25) is 10.0 Å². The quantitative estimate of drug-likeness (QED) is 0.862. The van der Waals surface area contributed by atoms with Gasteiger partial charge in [-0.25, -0.2) is 8.42 Å². The molecule has 1 fully saturated rings. The van der Waals surface area contributed by atoms with Gasteiger partial charge in [-0.15, -0.1) is 0 Å². The van der Waals surface area contributed by atoms with E-state index < -0.39 is 10.0 Å². The molecule has 6 heteroatoms. The van der Waals surface area contributed by atoms with Crippen LogP contribution < -0.4 is 10.0 Å². The Labute approximate surface area is 100 Å². The predicted octanol–water partition coefficient (Wildman–Crippen LogP) is 1.49. The average Bonchev–Trinajstić information content (AvgIpc) is 2.70. The van der Waals surface area contributed by atoms with E-state index in [1.807, 2.05) is 5.38 Å². The van der Waals surface area contributed by atoms with Crippen LogP contribution in [-0.2, 0) is 10.0 Å². The first-order chi connectivity index (χ1) is 7.66. The molecule has 1 aliphatic rings. The Bertz CT molecular complexity index is 408. The molecule has 1 aromatic rings. The van der Waals surface area contributed by atoms with Crippen molar-refractivity contribution in [1.82, 2.24) is 5.32 Å². The zero-order valence-corrected chi connectivity index (χ0v) is 10.6. The number of sulfonamides is 1. The van der Waals surface area contributed by atoms with Crippen LogP contribution in [0, 0.1) is 5.92 Å². The maximum Gasteiger partial charge on any atom is 0.233 e. The van der Waals surface area contributed by atoms with E-state index in [1.165, 1.54) is 11.3 Å². The second kappa shape index (κ2) is 5.16. The summed E-state index contributed by atoms with van der Waals surface area (Å²) in [5.74, 6) is 0.459. The Morgan fingerprint density at radius 2 is 2.44 bits per heavy atom. The summed E-state index contributed by atoms with van der Waals surface area (Å²) in [7, 11) is -3.19. The predicted molar refractivity (Wildman–Crippen MR) is 67.3 cm³/mol. The van der Waals surface area contributed by atoms with Crippen molar-refractivity contribution in [3.63, 3.8) is 0 Å². The molecule has 0 saturated carbocycles. The van der Waals surface area contributed by atoms with Crippen LogP contribution in [0.25, 0.3) is 0 Å². The highest BCUT2D eigenvalue weighted by Gasteiger charge is 2.21. The molecule has 0 aromatic carbocycles. The minimum atomic E-state index is -3.19. The second-order valence-electron chi connectivity index (χ2n) is 4.11. The topological polar surface area (TPSA) is 58.2 Å². The third kappa shape index (κ3) is 3.47. The van der Waals surface area contributed by atoms with Gasteiger partial charge >= 0.3 is 0 Å². The van der Waals surface area contributed by atoms with Gasteiger partial charge in [0, 0.05) is 5.38 Å². The molecule has 1 unspecified atom stereocenters. The SMILES string of the molecule is O=S(=O)(CC1CCCNC1)Nc1ccsc1. The summed E-state index contributed by atoms with van der Waals surface area (Å²) in [5.41, 5.74) is 0.675. The van der Waals surface area contributed by atoms with E-state index in [-0.39, 0.29) is 11.7 Å². The fourth-order valence-electron chi connectivity index (χ4n) is 1.92. The van der Waals surface area contributed by atoms with Gasteiger partial charge in [-0.2, -0.15) is 11.3 Å². The first-order valence-corrected chi connectivity index (χ1v) is 7.99. The van der Waals surface area contributed by atoms with Crippen LogP contribution in [0.4, 0.5) is 5.69 Å². The van der Waals surface area contributed by atoms with E-state index in [2.05, 4.69) is 10.0 Å². The Morgan fingerprint density at radius 3 is 3.06 bits per heavy atom. The van der Waals surface area contributed by atoms with Gasteiger partial charge in [0.1, 0.15) is 0 Å². The van der Waals surface area contributed by atoms with Gasteiger partial charge in [-0.05, 0) is 43.3 Å². The smallest absolute Gasteiger partial charge is 0.233 e. The number of thiophene rings is 1. The van der Waals surface area contributed by atoms with E-state index in [0.29, 0.717) is 5.69 Å². The highest BCUT2D eigenvalue weighted by molar-refractivity contribution is 7.92. The molecule has 2 N–H and O–H groups in total. The Kier molecular flexibility index (Phi) is 3.83. The molecular weight excluding hydrogens is 244 g/mol. The zero-order valence-electron chi connectivity index (χ0n) is 8.98. The Hall–Kier alpha value is -0.590. The van der Waals surface area contributed by atoms with Crippen LogP contribution in [0.2, 0.25) is 0 Å². The fraction of sp³-hybridized carbons (Fsp3) is 0.600. The lowest BCUT2D eigenvalue weighted by molar-refractivity contribution is 0.404. The summed E-state index contributed by atoms with van der Waals surface area (Å²) in [4.78, 5) is 0. The standard InChI is InChI=1S/C10H16N2O2S2/c13-16(14,12-10-3-5-15-7-10)8-9-2-1-4-11-6-9/h3,5,7,9,11-12H,1-2,4,6,8H2. The largest absolute Gasteiger partial charge is 0.316 e. The molecule has 1 aromatic heterocycles. The highest BCUT2D eigenvalue weighted by atomic mass is 32.2. The fourth-order valence-corrected chi connectivity index (χ4v) is 4.06. The summed E-state index contributed by atoms with van der Waals surface area (Å²) in [6.07, 6.45) is 2.07. The van der Waals surface area contributed by atoms with Crippen molar-refractivity contribution >= 4 is 27.0 Å². The summed E-state index contributed by atoms with van der Waals surface area (Å²) in [6, 6.07) is 1.78. The van der Waals surface area contributed by atoms with Crippen LogP contribution in [0.1, 0.15) is 12.8 Å². The number of piperidine rings is 1. The van der Waals surface area contributed by atoms with Gasteiger partial charge in [0.15, 0.2) is 0 Å². The van der Waals surface area contributed by atoms with Crippen molar-refractivity contribution in [3.8, 4) is 0 Å². The molecule has 1 saturated heterocycles. The number of hydrogen-bond donors (Lipinski definition) is 2. The molecular formula is C10H16N2O2S2. The van der Waals surface area contributed by atoms with Crippen LogP contribution in [0.5, 0.6) is 0 Å². The molecule has 0 bridgehead atoms. The zero-order chi connectivity index (χ0) is 11.4. The van der Waals surface area contributed by atoms with Crippen molar-refractivity contribution < 1.29 is 8.42 Å². The van der Waals surface area contributed by atoms with E-state index in [0.717, 1.165) is 25.9 Å². The molecule has 1 aliphatic heterocycles. The maximum absolute atomic E-state index is 11.8. The number of nitrogens with one attached hydrogen (secondary N) is 2. The molecule has 16 heavy (non-hydrogen) atoms. The third-order valence-corrected chi connectivity index (χ3v) is 4.79. The first-order valence-electron chi connectivity index (χ1n) is 5.39. The number of anilines is 1. The lowest BCUT2D eigenvalue weighted by atomic mass is 10.0. The molecule has 0 amide bonds. The number of hydrogen-bond acceptors (Lipinski definition) is 4. The van der Waals surface area contributed by atoms with Crippen LogP contribution >= 0.6 is 11.3 Å². The van der Waals surface area contributed by atoms with E-state index >= 15 is 0 Å². The molecule has 4 nitrogen and oxygen atoms in total. The molecule has 90 valence electrons. The third-order valence-electron chi connectivity index (χ3n) is 2.65. The second-order valence-corrected chi connectivity index (χ2v) is 6.65. The van der Waals surface area contributed by atoms with Gasteiger partial charge in [-0.1, -0.05) is 0 Å². The maximum atomic E-state index is 11.8. The highest BCUT2D eigenvalue weighted by Crippen LogP contribution is 2.17. The van der Waals surface area contributed by atoms with Crippen LogP contribution in [-0.4, -0.2) is 27.3 Å². The van der Waals surface area contributed by atoms with Gasteiger partial charge in [0.25, 0.3) is 0 Å². The van der Waals surface area contributed by atoms with Crippen LogP contribution in [0.3, 0.4) is 0 Å². The van der Waals surface area contributed by atoms with Crippen molar-refractivity contribution in [2.75, 3.05) is 23.6 Å². The minimum Gasteiger partial charge on any atom is -0.316 e. The van der Waals surface area contributed by atoms with Crippen molar-refractivity contribution in [2.45, 2.75) is 12.8 Å². The Balaban J connectivity index is 1.92. The monoisotopic (exact) mass is 260 g/mol. The van der Waals surface area contributed by atoms with Gasteiger partial charge < -0.3 is 5.32 Å². The van der Waals surface area contributed by atoms with Crippen molar-refractivity contribution in [3.05, 3.63) is 16.8 Å². The summed E-state index contributed by atoms with van der Waals surface area (Å²) in [5, 5.41) is 6.89. The minimum absolute atomic E-state index is 0.218. The average molecular weight is 260 g/mol. The van der Waals surface area contributed by atoms with E-state index in [9.17, 15) is 8.42 Å². The molecule has 1 atom stereocenters. The molecule has 0 aliphatic carbocycles. The van der Waals surface area contributed by atoms with Crippen molar-refractivity contribution in [2.24, 2.45) is 5.92 Å². The van der Waals surface area contributed by atoms with Crippen LogP contribution in [0.15, 0.2) is 16.8 Å². The van der Waals surface area contributed by atoms with Gasteiger partial charge in [-0.3, -0.25) is 4.72 Å². The molecule has 0 spiro atoms. The molecule has 0 radical (unpaired) electrons. The van der Waals surface area contributed by atoms with Crippen molar-refractivity contribution in [1.29, 1.82) is 0 Å². The lowest BCUT2D eigenvalue weighted by Gasteiger charge is -2.22. The molecule has 2 heterocycles. The molecule has 2 rings (SSSR count). The van der Waals surface area contributed by atoms with E-state index in [4.69, 9.17) is 0 Å². The summed E-state index contributed by atoms with van der Waals surface area (Å²) < 4.78 is 26.3. The Morgan fingerprint density at radius 1 is 1.56 bits per heavy atom. The normalized spacial score (nSPS) is 21.9. The number of rotatable bonds is 4.